The predicted molar refractivity (Wildman–Crippen MR) is 73.1 cm³/mol. The van der Waals surface area contributed by atoms with Crippen LogP contribution in [0.25, 0.3) is 0 Å². The SMILES string of the molecule is Nc1ccsc1C(=O)Nc1cc(Cl)c(F)c(Cl)c1. The van der Waals surface area contributed by atoms with Gasteiger partial charge in [-0.2, -0.15) is 0 Å². The molecule has 1 heterocycles. The van der Waals surface area contributed by atoms with Crippen molar-refractivity contribution in [2.75, 3.05) is 11.1 Å². The lowest BCUT2D eigenvalue weighted by Gasteiger charge is -2.06. The fourth-order valence-corrected chi connectivity index (χ4v) is 2.52. The molecule has 3 N–H and O–H groups in total. The molecule has 0 saturated carbocycles. The van der Waals surface area contributed by atoms with Crippen LogP contribution in [-0.2, 0) is 0 Å². The van der Waals surface area contributed by atoms with Crippen LogP contribution >= 0.6 is 34.5 Å². The molecular weight excluding hydrogens is 298 g/mol. The Balaban J connectivity index is 2.25. The van der Waals surface area contributed by atoms with Crippen LogP contribution in [0.5, 0.6) is 0 Å². The Kier molecular flexibility index (Phi) is 3.75. The topological polar surface area (TPSA) is 55.1 Å². The summed E-state index contributed by atoms with van der Waals surface area (Å²) in [6.45, 7) is 0. The molecule has 1 aromatic heterocycles. The molecule has 0 atom stereocenters. The zero-order chi connectivity index (χ0) is 13.3. The number of halogens is 3. The van der Waals surface area contributed by atoms with Gasteiger partial charge in [-0.05, 0) is 23.6 Å². The van der Waals surface area contributed by atoms with Gasteiger partial charge in [0.05, 0.1) is 15.7 Å². The summed E-state index contributed by atoms with van der Waals surface area (Å²) in [6, 6.07) is 4.19. The normalized spacial score (nSPS) is 10.4. The van der Waals surface area contributed by atoms with Crippen LogP contribution in [-0.4, -0.2) is 5.91 Å². The lowest BCUT2D eigenvalue weighted by molar-refractivity contribution is 0.103. The Hall–Kier alpha value is -1.30. The van der Waals surface area contributed by atoms with Crippen molar-refractivity contribution in [1.29, 1.82) is 0 Å². The van der Waals surface area contributed by atoms with E-state index in [9.17, 15) is 9.18 Å². The molecule has 1 aromatic carbocycles. The third-order valence-electron chi connectivity index (χ3n) is 2.14. The maximum Gasteiger partial charge on any atom is 0.267 e. The number of hydrogen-bond donors (Lipinski definition) is 2. The molecule has 0 radical (unpaired) electrons. The number of benzene rings is 1. The number of amides is 1. The summed E-state index contributed by atoms with van der Waals surface area (Å²) in [5.41, 5.74) is 6.31. The van der Waals surface area contributed by atoms with Gasteiger partial charge < -0.3 is 11.1 Å². The van der Waals surface area contributed by atoms with E-state index in [1.54, 1.807) is 11.4 Å². The lowest BCUT2D eigenvalue weighted by Crippen LogP contribution is -2.12. The van der Waals surface area contributed by atoms with E-state index >= 15 is 0 Å². The second-order valence-electron chi connectivity index (χ2n) is 3.41. The first kappa shape index (κ1) is 13.1. The first-order chi connectivity index (χ1) is 8.49. The van der Waals surface area contributed by atoms with Gasteiger partial charge in [0.15, 0.2) is 5.82 Å². The van der Waals surface area contributed by atoms with Gasteiger partial charge >= 0.3 is 0 Å². The quantitative estimate of drug-likeness (QED) is 0.823. The van der Waals surface area contributed by atoms with E-state index in [1.807, 2.05) is 0 Å². The van der Waals surface area contributed by atoms with Crippen molar-refractivity contribution in [1.82, 2.24) is 0 Å². The van der Waals surface area contributed by atoms with Crippen molar-refractivity contribution in [3.63, 3.8) is 0 Å². The summed E-state index contributed by atoms with van der Waals surface area (Å²) in [5, 5.41) is 3.94. The third-order valence-corrected chi connectivity index (χ3v) is 3.62. The molecule has 18 heavy (non-hydrogen) atoms. The molecule has 0 bridgehead atoms. The highest BCUT2D eigenvalue weighted by atomic mass is 35.5. The summed E-state index contributed by atoms with van der Waals surface area (Å²) < 4.78 is 13.2. The lowest BCUT2D eigenvalue weighted by atomic mass is 10.3. The van der Waals surface area contributed by atoms with E-state index < -0.39 is 5.82 Å². The Morgan fingerprint density at radius 1 is 1.33 bits per heavy atom. The van der Waals surface area contributed by atoms with Crippen LogP contribution in [0.2, 0.25) is 10.0 Å². The number of carbonyl (C=O) groups excluding carboxylic acids is 1. The number of carbonyl (C=O) groups is 1. The minimum absolute atomic E-state index is 0.156. The van der Waals surface area contributed by atoms with Gasteiger partial charge in [-0.1, -0.05) is 23.2 Å². The van der Waals surface area contributed by atoms with Crippen molar-refractivity contribution in [3.05, 3.63) is 44.3 Å². The van der Waals surface area contributed by atoms with Crippen LogP contribution in [0.3, 0.4) is 0 Å². The number of thiophene rings is 1. The van der Waals surface area contributed by atoms with Crippen LogP contribution in [0.15, 0.2) is 23.6 Å². The Morgan fingerprint density at radius 3 is 2.44 bits per heavy atom. The molecule has 7 heteroatoms. The van der Waals surface area contributed by atoms with E-state index in [4.69, 9.17) is 28.9 Å². The Bertz CT molecular complexity index is 592. The zero-order valence-corrected chi connectivity index (χ0v) is 11.2. The largest absolute Gasteiger partial charge is 0.397 e. The molecule has 0 unspecified atom stereocenters. The molecule has 0 aliphatic rings. The fourth-order valence-electron chi connectivity index (χ4n) is 1.32. The molecule has 0 fully saturated rings. The monoisotopic (exact) mass is 304 g/mol. The van der Waals surface area contributed by atoms with E-state index in [-0.39, 0.29) is 16.0 Å². The van der Waals surface area contributed by atoms with Gasteiger partial charge in [-0.3, -0.25) is 4.79 Å². The maximum atomic E-state index is 13.2. The molecule has 1 amide bonds. The molecule has 0 aliphatic carbocycles. The number of rotatable bonds is 2. The van der Waals surface area contributed by atoms with E-state index in [1.165, 1.54) is 23.5 Å². The van der Waals surface area contributed by atoms with Crippen LogP contribution < -0.4 is 11.1 Å². The van der Waals surface area contributed by atoms with Crippen molar-refractivity contribution in [2.45, 2.75) is 0 Å². The Morgan fingerprint density at radius 2 is 1.94 bits per heavy atom. The minimum atomic E-state index is -0.716. The molecule has 0 spiro atoms. The Labute approximate surface area is 116 Å². The van der Waals surface area contributed by atoms with Gasteiger partial charge in [-0.15, -0.1) is 11.3 Å². The number of nitrogens with two attached hydrogens (primary N) is 1. The molecule has 0 saturated heterocycles. The van der Waals surface area contributed by atoms with E-state index in [0.29, 0.717) is 16.3 Å². The van der Waals surface area contributed by atoms with Gasteiger partial charge in [-0.25, -0.2) is 4.39 Å². The van der Waals surface area contributed by atoms with Crippen molar-refractivity contribution in [3.8, 4) is 0 Å². The van der Waals surface area contributed by atoms with Crippen LogP contribution in [0.1, 0.15) is 9.67 Å². The highest BCUT2D eigenvalue weighted by Gasteiger charge is 2.13. The smallest absolute Gasteiger partial charge is 0.267 e. The summed E-state index contributed by atoms with van der Waals surface area (Å²) in [7, 11) is 0. The van der Waals surface area contributed by atoms with Crippen LogP contribution in [0, 0.1) is 5.82 Å². The highest BCUT2D eigenvalue weighted by molar-refractivity contribution is 7.12. The van der Waals surface area contributed by atoms with Gasteiger partial charge in [0.25, 0.3) is 5.91 Å². The maximum absolute atomic E-state index is 13.2. The highest BCUT2D eigenvalue weighted by Crippen LogP contribution is 2.28. The number of nitrogen functional groups attached to an aromatic ring is 1. The average molecular weight is 305 g/mol. The second kappa shape index (κ2) is 5.14. The summed E-state index contributed by atoms with van der Waals surface area (Å²) in [5.74, 6) is -1.10. The van der Waals surface area contributed by atoms with E-state index in [0.717, 1.165) is 0 Å². The van der Waals surface area contributed by atoms with Gasteiger partial charge in [0.1, 0.15) is 4.88 Å². The molecular formula is C11H7Cl2FN2OS. The minimum Gasteiger partial charge on any atom is -0.397 e. The predicted octanol–water partition coefficient (Wildman–Crippen LogP) is 4.03. The molecule has 94 valence electrons. The summed E-state index contributed by atoms with van der Waals surface area (Å²) >= 11 is 12.5. The van der Waals surface area contributed by atoms with E-state index in [2.05, 4.69) is 5.32 Å². The van der Waals surface area contributed by atoms with Gasteiger partial charge in [0, 0.05) is 5.69 Å². The number of hydrogen-bond acceptors (Lipinski definition) is 3. The first-order valence-electron chi connectivity index (χ1n) is 4.78. The summed E-state index contributed by atoms with van der Waals surface area (Å²) in [4.78, 5) is 12.2. The van der Waals surface area contributed by atoms with Crippen LogP contribution in [0.4, 0.5) is 15.8 Å². The third kappa shape index (κ3) is 2.58. The molecule has 0 aliphatic heterocycles. The molecule has 2 aromatic rings. The van der Waals surface area contributed by atoms with Crippen molar-refractivity contribution < 1.29 is 9.18 Å². The average Bonchev–Trinajstić information content (AvgIpc) is 2.72. The van der Waals surface area contributed by atoms with Crippen molar-refractivity contribution in [2.24, 2.45) is 0 Å². The standard InChI is InChI=1S/C11H7Cl2FN2OS/c12-6-3-5(4-7(13)9(6)14)16-11(17)10-8(15)1-2-18-10/h1-4H,15H2,(H,16,17). The van der Waals surface area contributed by atoms with Gasteiger partial charge in [0.2, 0.25) is 0 Å². The first-order valence-corrected chi connectivity index (χ1v) is 6.41. The second-order valence-corrected chi connectivity index (χ2v) is 5.14. The number of anilines is 2. The zero-order valence-electron chi connectivity index (χ0n) is 8.84. The molecule has 3 nitrogen and oxygen atoms in total. The number of nitrogens with one attached hydrogen (secondary N) is 1. The summed E-state index contributed by atoms with van der Waals surface area (Å²) in [6.07, 6.45) is 0. The fraction of sp³-hybridized carbons (Fsp3) is 0. The molecule has 2 rings (SSSR count). The van der Waals surface area contributed by atoms with Crippen molar-refractivity contribution >= 4 is 51.8 Å².